The third-order valence-corrected chi connectivity index (χ3v) is 4.08. The van der Waals surface area contributed by atoms with Crippen LogP contribution in [0.4, 0.5) is 0 Å². The number of aromatic nitrogens is 3. The monoisotopic (exact) mass is 264 g/mol. The number of nitrogens with zero attached hydrogens (tertiary/aromatic N) is 3. The number of thiazole rings is 1. The molecule has 0 aliphatic heterocycles. The lowest BCUT2D eigenvalue weighted by Crippen LogP contribution is -2.23. The Morgan fingerprint density at radius 2 is 2.22 bits per heavy atom. The fourth-order valence-corrected chi connectivity index (χ4v) is 2.92. The van der Waals surface area contributed by atoms with Crippen LogP contribution in [0.5, 0.6) is 0 Å². The molecular formula is C13H20N4S. The van der Waals surface area contributed by atoms with Gasteiger partial charge in [-0.3, -0.25) is 0 Å². The summed E-state index contributed by atoms with van der Waals surface area (Å²) in [5.41, 5.74) is 2.23. The molecule has 0 fully saturated rings. The average Bonchev–Trinajstić information content (AvgIpc) is 2.86. The predicted molar refractivity (Wildman–Crippen MR) is 74.9 cm³/mol. The Morgan fingerprint density at radius 3 is 2.72 bits per heavy atom. The van der Waals surface area contributed by atoms with Gasteiger partial charge in [0, 0.05) is 24.5 Å². The molecule has 98 valence electrons. The molecule has 0 radical (unpaired) electrons. The van der Waals surface area contributed by atoms with Crippen molar-refractivity contribution in [3.63, 3.8) is 0 Å². The minimum absolute atomic E-state index is 0.251. The third kappa shape index (κ3) is 2.97. The van der Waals surface area contributed by atoms with E-state index in [-0.39, 0.29) is 6.04 Å². The molecule has 0 aliphatic rings. The van der Waals surface area contributed by atoms with Crippen molar-refractivity contribution >= 4 is 11.3 Å². The molecule has 0 saturated carbocycles. The fourth-order valence-electron chi connectivity index (χ4n) is 1.94. The van der Waals surface area contributed by atoms with Crippen LogP contribution in [0.15, 0.2) is 12.5 Å². The predicted octanol–water partition coefficient (Wildman–Crippen LogP) is 2.39. The molecule has 0 bridgehead atoms. The van der Waals surface area contributed by atoms with Crippen LogP contribution in [0, 0.1) is 13.8 Å². The summed E-state index contributed by atoms with van der Waals surface area (Å²) in [5.74, 6) is 0. The highest BCUT2D eigenvalue weighted by atomic mass is 32.1. The second kappa shape index (κ2) is 5.63. The van der Waals surface area contributed by atoms with Crippen LogP contribution in [-0.2, 0) is 13.5 Å². The van der Waals surface area contributed by atoms with E-state index in [1.54, 1.807) is 11.3 Å². The maximum atomic E-state index is 4.61. The number of nitrogens with one attached hydrogen (secondary N) is 1. The first-order valence-corrected chi connectivity index (χ1v) is 7.06. The van der Waals surface area contributed by atoms with Crippen LogP contribution in [0.3, 0.4) is 0 Å². The summed E-state index contributed by atoms with van der Waals surface area (Å²) >= 11 is 1.78. The van der Waals surface area contributed by atoms with Gasteiger partial charge in [-0.15, -0.1) is 11.3 Å². The number of hydrogen-bond acceptors (Lipinski definition) is 4. The van der Waals surface area contributed by atoms with Crippen LogP contribution in [0.1, 0.15) is 34.2 Å². The van der Waals surface area contributed by atoms with Crippen molar-refractivity contribution in [1.29, 1.82) is 0 Å². The first-order valence-electron chi connectivity index (χ1n) is 6.24. The maximum absolute atomic E-state index is 4.61. The molecular weight excluding hydrogens is 244 g/mol. The van der Waals surface area contributed by atoms with Gasteiger partial charge in [-0.2, -0.15) is 0 Å². The van der Waals surface area contributed by atoms with Crippen molar-refractivity contribution in [2.75, 3.05) is 6.54 Å². The summed E-state index contributed by atoms with van der Waals surface area (Å²) in [6.07, 6.45) is 4.82. The van der Waals surface area contributed by atoms with Crippen molar-refractivity contribution < 1.29 is 0 Å². The molecule has 4 nitrogen and oxygen atoms in total. The zero-order valence-corrected chi connectivity index (χ0v) is 12.2. The minimum atomic E-state index is 0.251. The smallest absolute Gasteiger partial charge is 0.0950 e. The second-order valence-corrected chi connectivity index (χ2v) is 5.82. The molecule has 0 amide bonds. The molecule has 2 aromatic heterocycles. The van der Waals surface area contributed by atoms with Crippen LogP contribution in [0.25, 0.3) is 0 Å². The lowest BCUT2D eigenvalue weighted by atomic mass is 10.1. The summed E-state index contributed by atoms with van der Waals surface area (Å²) in [4.78, 5) is 10.4. The number of aryl methyl sites for hydroxylation is 3. The van der Waals surface area contributed by atoms with Gasteiger partial charge in [0.1, 0.15) is 0 Å². The van der Waals surface area contributed by atoms with Crippen LogP contribution >= 0.6 is 11.3 Å². The first-order chi connectivity index (χ1) is 8.60. The van der Waals surface area contributed by atoms with Gasteiger partial charge < -0.3 is 9.88 Å². The van der Waals surface area contributed by atoms with Crippen molar-refractivity contribution in [3.05, 3.63) is 33.8 Å². The normalized spacial score (nSPS) is 12.9. The molecule has 1 atom stereocenters. The molecule has 0 aliphatic carbocycles. The van der Waals surface area contributed by atoms with Crippen molar-refractivity contribution in [2.24, 2.45) is 7.05 Å². The van der Waals surface area contributed by atoms with Gasteiger partial charge in [0.15, 0.2) is 0 Å². The summed E-state index contributed by atoms with van der Waals surface area (Å²) in [6.45, 7) is 7.25. The summed E-state index contributed by atoms with van der Waals surface area (Å²) in [7, 11) is 2.00. The van der Waals surface area contributed by atoms with E-state index in [4.69, 9.17) is 0 Å². The first kappa shape index (κ1) is 13.2. The third-order valence-electron chi connectivity index (χ3n) is 2.98. The second-order valence-electron chi connectivity index (χ2n) is 4.53. The summed E-state index contributed by atoms with van der Waals surface area (Å²) in [5, 5.41) is 4.66. The lowest BCUT2D eigenvalue weighted by molar-refractivity contribution is 0.537. The Balaban J connectivity index is 2.15. The minimum Gasteiger partial charge on any atom is -0.340 e. The van der Waals surface area contributed by atoms with E-state index >= 15 is 0 Å². The Hall–Kier alpha value is -1.20. The molecule has 5 heteroatoms. The van der Waals surface area contributed by atoms with Gasteiger partial charge in [-0.05, 0) is 20.4 Å². The van der Waals surface area contributed by atoms with Crippen molar-refractivity contribution in [3.8, 4) is 0 Å². The SMILES string of the molecule is CCNC(Cc1nc(C)c(C)s1)c1cn(C)cn1. The van der Waals surface area contributed by atoms with Crippen molar-refractivity contribution in [1.82, 2.24) is 19.9 Å². The maximum Gasteiger partial charge on any atom is 0.0950 e. The highest BCUT2D eigenvalue weighted by Gasteiger charge is 2.16. The van der Waals surface area contributed by atoms with Crippen LogP contribution in [-0.4, -0.2) is 21.1 Å². The lowest BCUT2D eigenvalue weighted by Gasteiger charge is -2.13. The number of likely N-dealkylation sites (N-methyl/N-ethyl adjacent to an activating group) is 1. The fraction of sp³-hybridized carbons (Fsp3) is 0.538. The van der Waals surface area contributed by atoms with Crippen LogP contribution < -0.4 is 5.32 Å². The van der Waals surface area contributed by atoms with E-state index in [0.717, 1.165) is 24.4 Å². The van der Waals surface area contributed by atoms with E-state index in [2.05, 4.69) is 42.3 Å². The summed E-state index contributed by atoms with van der Waals surface area (Å²) < 4.78 is 1.98. The Labute approximate surface area is 112 Å². The largest absolute Gasteiger partial charge is 0.340 e. The van der Waals surface area contributed by atoms with Gasteiger partial charge in [0.25, 0.3) is 0 Å². The van der Waals surface area contributed by atoms with E-state index < -0.39 is 0 Å². The highest BCUT2D eigenvalue weighted by molar-refractivity contribution is 7.11. The molecule has 2 aromatic rings. The molecule has 1 N–H and O–H groups in total. The van der Waals surface area contributed by atoms with E-state index in [1.807, 2.05) is 17.9 Å². The topological polar surface area (TPSA) is 42.7 Å². The van der Waals surface area contributed by atoms with E-state index in [9.17, 15) is 0 Å². The molecule has 2 rings (SSSR count). The van der Waals surface area contributed by atoms with E-state index in [0.29, 0.717) is 0 Å². The molecule has 0 spiro atoms. The standard InChI is InChI=1S/C13H20N4S/c1-5-14-11(12-7-17(4)8-15-12)6-13-16-9(2)10(3)18-13/h7-8,11,14H,5-6H2,1-4H3. The number of imidazole rings is 1. The average molecular weight is 264 g/mol. The van der Waals surface area contributed by atoms with Crippen molar-refractivity contribution in [2.45, 2.75) is 33.2 Å². The molecule has 2 heterocycles. The van der Waals surface area contributed by atoms with Crippen LogP contribution in [0.2, 0.25) is 0 Å². The van der Waals surface area contributed by atoms with Gasteiger partial charge in [-0.1, -0.05) is 6.92 Å². The Bertz CT molecular complexity index is 495. The van der Waals surface area contributed by atoms with Gasteiger partial charge >= 0.3 is 0 Å². The highest BCUT2D eigenvalue weighted by Crippen LogP contribution is 2.22. The molecule has 1 unspecified atom stereocenters. The summed E-state index contributed by atoms with van der Waals surface area (Å²) in [6, 6.07) is 0.251. The quantitative estimate of drug-likeness (QED) is 0.901. The van der Waals surface area contributed by atoms with E-state index in [1.165, 1.54) is 9.88 Å². The Morgan fingerprint density at radius 1 is 1.44 bits per heavy atom. The van der Waals surface area contributed by atoms with Gasteiger partial charge in [0.2, 0.25) is 0 Å². The Kier molecular flexibility index (Phi) is 4.14. The number of hydrogen-bond donors (Lipinski definition) is 1. The zero-order chi connectivity index (χ0) is 13.1. The van der Waals surface area contributed by atoms with Gasteiger partial charge in [0.05, 0.1) is 28.8 Å². The number of rotatable bonds is 5. The zero-order valence-electron chi connectivity index (χ0n) is 11.4. The molecule has 18 heavy (non-hydrogen) atoms. The van der Waals surface area contributed by atoms with Gasteiger partial charge in [-0.25, -0.2) is 9.97 Å². The molecule has 0 saturated heterocycles. The molecule has 0 aromatic carbocycles.